The zero-order valence-corrected chi connectivity index (χ0v) is 10.8. The first kappa shape index (κ1) is 14.2. The van der Waals surface area contributed by atoms with Crippen molar-refractivity contribution < 1.29 is 13.2 Å². The van der Waals surface area contributed by atoms with Gasteiger partial charge in [0.1, 0.15) is 0 Å². The summed E-state index contributed by atoms with van der Waals surface area (Å²) < 4.78 is 37.5. The molecule has 1 aromatic rings. The number of hydrogen-bond acceptors (Lipinski definition) is 2. The van der Waals surface area contributed by atoms with E-state index in [0.717, 1.165) is 43.5 Å². The molecular formula is C14H19F3N2. The average molecular weight is 272 g/mol. The number of hydrogen-bond donors (Lipinski definition) is 2. The Labute approximate surface area is 111 Å². The molecule has 0 saturated carbocycles. The minimum atomic E-state index is -4.32. The van der Waals surface area contributed by atoms with Crippen LogP contribution in [0.2, 0.25) is 0 Å². The first-order valence-electron chi connectivity index (χ1n) is 6.66. The van der Waals surface area contributed by atoms with Gasteiger partial charge in [0.15, 0.2) is 0 Å². The second kappa shape index (κ2) is 5.82. The third-order valence-electron chi connectivity index (χ3n) is 3.65. The largest absolute Gasteiger partial charge is 0.416 e. The molecule has 5 heteroatoms. The van der Waals surface area contributed by atoms with Gasteiger partial charge in [-0.05, 0) is 49.9 Å². The number of nitrogens with two attached hydrogens (primary N) is 1. The summed E-state index contributed by atoms with van der Waals surface area (Å²) in [4.78, 5) is 0. The number of anilines is 1. The van der Waals surface area contributed by atoms with Crippen molar-refractivity contribution >= 4 is 5.69 Å². The highest BCUT2D eigenvalue weighted by atomic mass is 19.4. The number of aryl methyl sites for hydroxylation is 1. The highest BCUT2D eigenvalue weighted by Crippen LogP contribution is 2.31. The van der Waals surface area contributed by atoms with Gasteiger partial charge in [0.2, 0.25) is 0 Å². The number of nitrogens with one attached hydrogen (secondary N) is 1. The maximum atomic E-state index is 12.5. The van der Waals surface area contributed by atoms with E-state index >= 15 is 0 Å². The maximum Gasteiger partial charge on any atom is 0.416 e. The number of benzene rings is 1. The molecule has 0 aliphatic carbocycles. The van der Waals surface area contributed by atoms with Crippen LogP contribution in [0.25, 0.3) is 0 Å². The van der Waals surface area contributed by atoms with Gasteiger partial charge in [-0.3, -0.25) is 0 Å². The monoisotopic (exact) mass is 272 g/mol. The Hall–Kier alpha value is -1.23. The molecule has 1 aromatic carbocycles. The van der Waals surface area contributed by atoms with Crippen molar-refractivity contribution in [2.24, 2.45) is 0 Å². The number of nitrogen functional groups attached to an aromatic ring is 1. The Kier molecular flexibility index (Phi) is 4.34. The first-order chi connectivity index (χ1) is 8.97. The Bertz CT molecular complexity index is 423. The fourth-order valence-corrected chi connectivity index (χ4v) is 2.50. The molecule has 106 valence electrons. The first-order valence-corrected chi connectivity index (χ1v) is 6.66. The minimum absolute atomic E-state index is 0.241. The molecule has 1 aliphatic rings. The lowest BCUT2D eigenvalue weighted by molar-refractivity contribution is -0.137. The summed E-state index contributed by atoms with van der Waals surface area (Å²) >= 11 is 0. The van der Waals surface area contributed by atoms with Crippen LogP contribution in [0.3, 0.4) is 0 Å². The summed E-state index contributed by atoms with van der Waals surface area (Å²) in [5, 5.41) is 3.42. The number of rotatable bonds is 3. The van der Waals surface area contributed by atoms with Gasteiger partial charge in [0.05, 0.1) is 5.56 Å². The SMILES string of the molecule is Nc1cc(C(F)(F)F)ccc1CCC1CCCCN1. The summed E-state index contributed by atoms with van der Waals surface area (Å²) in [6.45, 7) is 1.03. The highest BCUT2D eigenvalue weighted by molar-refractivity contribution is 5.50. The molecular weight excluding hydrogens is 253 g/mol. The molecule has 0 radical (unpaired) electrons. The van der Waals surface area contributed by atoms with Gasteiger partial charge in [-0.2, -0.15) is 13.2 Å². The fourth-order valence-electron chi connectivity index (χ4n) is 2.50. The van der Waals surface area contributed by atoms with E-state index in [-0.39, 0.29) is 5.69 Å². The van der Waals surface area contributed by atoms with Crippen molar-refractivity contribution in [1.29, 1.82) is 0 Å². The Balaban J connectivity index is 1.97. The normalized spacial score (nSPS) is 20.5. The van der Waals surface area contributed by atoms with Crippen LogP contribution >= 0.6 is 0 Å². The third kappa shape index (κ3) is 3.86. The fraction of sp³-hybridized carbons (Fsp3) is 0.571. The summed E-state index contributed by atoms with van der Waals surface area (Å²) in [7, 11) is 0. The zero-order chi connectivity index (χ0) is 13.9. The maximum absolute atomic E-state index is 12.5. The van der Waals surface area contributed by atoms with E-state index in [4.69, 9.17) is 5.73 Å². The van der Waals surface area contributed by atoms with Crippen LogP contribution < -0.4 is 11.1 Å². The van der Waals surface area contributed by atoms with Gasteiger partial charge in [0.25, 0.3) is 0 Å². The predicted molar refractivity (Wildman–Crippen MR) is 69.8 cm³/mol. The second-order valence-corrected chi connectivity index (χ2v) is 5.10. The smallest absolute Gasteiger partial charge is 0.398 e. The molecule has 1 fully saturated rings. The Morgan fingerprint density at radius 1 is 1.26 bits per heavy atom. The second-order valence-electron chi connectivity index (χ2n) is 5.10. The molecule has 1 unspecified atom stereocenters. The van der Waals surface area contributed by atoms with Gasteiger partial charge in [-0.15, -0.1) is 0 Å². The van der Waals surface area contributed by atoms with Crippen molar-refractivity contribution in [1.82, 2.24) is 5.32 Å². The van der Waals surface area contributed by atoms with Crippen LogP contribution in [0.5, 0.6) is 0 Å². The van der Waals surface area contributed by atoms with Crippen molar-refractivity contribution in [3.05, 3.63) is 29.3 Å². The number of halogens is 3. The van der Waals surface area contributed by atoms with E-state index in [2.05, 4.69) is 5.32 Å². The molecule has 1 aliphatic heterocycles. The highest BCUT2D eigenvalue weighted by Gasteiger charge is 2.30. The topological polar surface area (TPSA) is 38.0 Å². The number of piperidine rings is 1. The van der Waals surface area contributed by atoms with E-state index in [1.807, 2.05) is 0 Å². The Morgan fingerprint density at radius 3 is 2.63 bits per heavy atom. The van der Waals surface area contributed by atoms with Crippen molar-refractivity contribution in [2.45, 2.75) is 44.3 Å². The molecule has 0 bridgehead atoms. The minimum Gasteiger partial charge on any atom is -0.398 e. The van der Waals surface area contributed by atoms with Gasteiger partial charge in [-0.1, -0.05) is 12.5 Å². The van der Waals surface area contributed by atoms with Crippen LogP contribution in [0.1, 0.15) is 36.8 Å². The number of alkyl halides is 3. The third-order valence-corrected chi connectivity index (χ3v) is 3.65. The molecule has 0 spiro atoms. The molecule has 19 heavy (non-hydrogen) atoms. The lowest BCUT2D eigenvalue weighted by Crippen LogP contribution is -2.34. The van der Waals surface area contributed by atoms with E-state index in [1.54, 1.807) is 0 Å². The van der Waals surface area contributed by atoms with E-state index in [9.17, 15) is 13.2 Å². The lowest BCUT2D eigenvalue weighted by atomic mass is 9.96. The van der Waals surface area contributed by atoms with Crippen LogP contribution in [0.15, 0.2) is 18.2 Å². The Morgan fingerprint density at radius 2 is 2.05 bits per heavy atom. The zero-order valence-electron chi connectivity index (χ0n) is 10.8. The molecule has 1 atom stereocenters. The van der Waals surface area contributed by atoms with Crippen LogP contribution in [-0.4, -0.2) is 12.6 Å². The van der Waals surface area contributed by atoms with E-state index < -0.39 is 11.7 Å². The molecule has 0 aromatic heterocycles. The van der Waals surface area contributed by atoms with Gasteiger partial charge in [0, 0.05) is 11.7 Å². The van der Waals surface area contributed by atoms with Gasteiger partial charge < -0.3 is 11.1 Å². The molecule has 1 saturated heterocycles. The summed E-state index contributed by atoms with van der Waals surface area (Å²) in [6.07, 6.45) is 0.897. The molecule has 2 nitrogen and oxygen atoms in total. The molecule has 3 N–H and O–H groups in total. The van der Waals surface area contributed by atoms with Crippen LogP contribution in [0.4, 0.5) is 18.9 Å². The van der Waals surface area contributed by atoms with Gasteiger partial charge in [-0.25, -0.2) is 0 Å². The average Bonchev–Trinajstić information content (AvgIpc) is 2.37. The van der Waals surface area contributed by atoms with Crippen molar-refractivity contribution in [3.63, 3.8) is 0 Å². The summed E-state index contributed by atoms with van der Waals surface area (Å²) in [5.41, 5.74) is 6.08. The molecule has 0 amide bonds. The van der Waals surface area contributed by atoms with Crippen molar-refractivity contribution in [2.75, 3.05) is 12.3 Å². The van der Waals surface area contributed by atoms with E-state index in [0.29, 0.717) is 6.04 Å². The predicted octanol–water partition coefficient (Wildman–Crippen LogP) is 3.36. The van der Waals surface area contributed by atoms with Crippen molar-refractivity contribution in [3.8, 4) is 0 Å². The lowest BCUT2D eigenvalue weighted by Gasteiger charge is -2.23. The summed E-state index contributed by atoms with van der Waals surface area (Å²) in [6, 6.07) is 4.11. The standard InChI is InChI=1S/C14H19F3N2/c15-14(16,17)11-6-4-10(13(18)9-11)5-7-12-3-1-2-8-19-12/h4,6,9,12,19H,1-3,5,7-8,18H2. The van der Waals surface area contributed by atoms with Gasteiger partial charge >= 0.3 is 6.18 Å². The molecule has 2 rings (SSSR count). The van der Waals surface area contributed by atoms with Crippen LogP contribution in [-0.2, 0) is 12.6 Å². The molecule has 1 heterocycles. The van der Waals surface area contributed by atoms with E-state index in [1.165, 1.54) is 18.9 Å². The summed E-state index contributed by atoms with van der Waals surface area (Å²) in [5.74, 6) is 0. The quantitative estimate of drug-likeness (QED) is 0.828. The van der Waals surface area contributed by atoms with Crippen LogP contribution in [0, 0.1) is 0 Å².